The maximum absolute atomic E-state index is 12.8. The smallest absolute Gasteiger partial charge is 0.227 e. The van der Waals surface area contributed by atoms with E-state index < -0.39 is 0 Å². The Morgan fingerprint density at radius 2 is 1.74 bits per heavy atom. The highest BCUT2D eigenvalue weighted by Crippen LogP contribution is 2.34. The summed E-state index contributed by atoms with van der Waals surface area (Å²) in [7, 11) is 2.08. The van der Waals surface area contributed by atoms with Crippen molar-refractivity contribution in [1.82, 2.24) is 25.5 Å². The van der Waals surface area contributed by atoms with Gasteiger partial charge >= 0.3 is 0 Å². The van der Waals surface area contributed by atoms with Crippen molar-refractivity contribution in [3.8, 4) is 0 Å². The van der Waals surface area contributed by atoms with E-state index in [9.17, 15) is 4.79 Å². The molecular weight excluding hydrogens is 474 g/mol. The molecule has 0 unspecified atom stereocenters. The molecule has 2 aromatic heterocycles. The second-order valence-electron chi connectivity index (χ2n) is 11.5. The number of nitrogens with zero attached hydrogens (tertiary/aromatic N) is 4. The van der Waals surface area contributed by atoms with Gasteiger partial charge in [-0.2, -0.15) is 10.1 Å². The van der Waals surface area contributed by atoms with Crippen LogP contribution < -0.4 is 15.5 Å². The summed E-state index contributed by atoms with van der Waals surface area (Å²) in [6.45, 7) is 0. The van der Waals surface area contributed by atoms with Crippen LogP contribution in [0.1, 0.15) is 80.5 Å². The van der Waals surface area contributed by atoms with Crippen LogP contribution in [0.4, 0.5) is 17.6 Å². The van der Waals surface area contributed by atoms with Gasteiger partial charge in [0.15, 0.2) is 5.82 Å². The first kappa shape index (κ1) is 24.9. The van der Waals surface area contributed by atoms with Crippen molar-refractivity contribution in [2.24, 2.45) is 5.92 Å². The van der Waals surface area contributed by atoms with E-state index in [2.05, 4.69) is 68.1 Å². The minimum atomic E-state index is 0.205. The van der Waals surface area contributed by atoms with Crippen molar-refractivity contribution >= 4 is 23.5 Å². The monoisotopic (exact) mass is 513 g/mol. The number of hydrogen-bond donors (Lipinski definition) is 3. The molecule has 3 aromatic rings. The zero-order valence-corrected chi connectivity index (χ0v) is 22.3. The molecule has 3 N–H and O–H groups in total. The lowest BCUT2D eigenvalue weighted by Gasteiger charge is -2.35. The first-order valence-electron chi connectivity index (χ1n) is 14.3. The molecule has 6 rings (SSSR count). The first-order valence-corrected chi connectivity index (χ1v) is 14.3. The Hall–Kier alpha value is -3.42. The predicted octanol–water partition coefficient (Wildman–Crippen LogP) is 5.27. The zero-order chi connectivity index (χ0) is 25.9. The summed E-state index contributed by atoms with van der Waals surface area (Å²) in [5.41, 5.74) is 4.04. The van der Waals surface area contributed by atoms with Crippen molar-refractivity contribution in [2.75, 3.05) is 17.3 Å². The van der Waals surface area contributed by atoms with Crippen molar-refractivity contribution < 1.29 is 4.79 Å². The van der Waals surface area contributed by atoms with Crippen LogP contribution in [0, 0.1) is 5.92 Å². The van der Waals surface area contributed by atoms with Crippen molar-refractivity contribution in [2.45, 2.75) is 88.6 Å². The number of H-pyrrole nitrogens is 1. The molecule has 0 bridgehead atoms. The third-order valence-electron chi connectivity index (χ3n) is 8.83. The third-order valence-corrected chi connectivity index (χ3v) is 8.83. The molecule has 2 heterocycles. The van der Waals surface area contributed by atoms with Crippen molar-refractivity contribution in [3.63, 3.8) is 0 Å². The minimum absolute atomic E-state index is 0.205. The van der Waals surface area contributed by atoms with Gasteiger partial charge in [-0.25, -0.2) is 4.98 Å². The summed E-state index contributed by atoms with van der Waals surface area (Å²) in [5.74, 6) is 3.51. The SMILES string of the molecule is CN(c1nccc(Nc2cc(C3CCCC3)[nH]n2)n1)[C@H]1CC[C@H](NC(=O)CC2Cc3ccccc3C2)CC1. The molecule has 1 aromatic carbocycles. The Bertz CT molecular complexity index is 1220. The largest absolute Gasteiger partial charge is 0.353 e. The normalized spacial score (nSPS) is 21.8. The van der Waals surface area contributed by atoms with Crippen LogP contribution in [0.25, 0.3) is 0 Å². The summed E-state index contributed by atoms with van der Waals surface area (Å²) in [6.07, 6.45) is 13.6. The topological polar surface area (TPSA) is 98.8 Å². The Balaban J connectivity index is 0.975. The fourth-order valence-electron chi connectivity index (χ4n) is 6.68. The lowest BCUT2D eigenvalue weighted by molar-refractivity contribution is -0.122. The average molecular weight is 514 g/mol. The molecule has 3 aliphatic carbocycles. The molecule has 0 spiro atoms. The van der Waals surface area contributed by atoms with E-state index in [0.717, 1.165) is 56.1 Å². The third kappa shape index (κ3) is 5.69. The highest BCUT2D eigenvalue weighted by atomic mass is 16.1. The highest BCUT2D eigenvalue weighted by Gasteiger charge is 2.28. The van der Waals surface area contributed by atoms with Crippen molar-refractivity contribution in [1.29, 1.82) is 0 Å². The van der Waals surface area contributed by atoms with Crippen LogP contribution in [0.15, 0.2) is 42.6 Å². The Kier molecular flexibility index (Phi) is 7.29. The Morgan fingerprint density at radius 3 is 2.47 bits per heavy atom. The number of carbonyl (C=O) groups is 1. The molecule has 8 heteroatoms. The van der Waals surface area contributed by atoms with E-state index in [1.807, 2.05) is 6.07 Å². The summed E-state index contributed by atoms with van der Waals surface area (Å²) in [5, 5.41) is 14.3. The van der Waals surface area contributed by atoms with Crippen molar-refractivity contribution in [3.05, 3.63) is 59.4 Å². The van der Waals surface area contributed by atoms with Gasteiger partial charge in [-0.05, 0) is 74.5 Å². The highest BCUT2D eigenvalue weighted by molar-refractivity contribution is 5.76. The number of benzene rings is 1. The molecule has 0 aliphatic heterocycles. The summed E-state index contributed by atoms with van der Waals surface area (Å²) in [6, 6.07) is 13.2. The molecule has 200 valence electrons. The molecule has 38 heavy (non-hydrogen) atoms. The number of hydrogen-bond acceptors (Lipinski definition) is 6. The van der Waals surface area contributed by atoms with Gasteiger partial charge in [0, 0.05) is 49.4 Å². The molecule has 0 atom stereocenters. The lowest BCUT2D eigenvalue weighted by atomic mass is 9.90. The number of carbonyl (C=O) groups excluding carboxylic acids is 1. The van der Waals surface area contributed by atoms with E-state index in [0.29, 0.717) is 24.3 Å². The van der Waals surface area contributed by atoms with Gasteiger partial charge in [0.25, 0.3) is 0 Å². The van der Waals surface area contributed by atoms with Gasteiger partial charge in [-0.15, -0.1) is 0 Å². The average Bonchev–Trinajstić information content (AvgIpc) is 3.69. The molecule has 2 saturated carbocycles. The maximum atomic E-state index is 12.8. The second kappa shape index (κ2) is 11.1. The molecule has 2 fully saturated rings. The van der Waals surface area contributed by atoms with Gasteiger partial charge < -0.3 is 15.5 Å². The van der Waals surface area contributed by atoms with Gasteiger partial charge in [-0.3, -0.25) is 9.89 Å². The molecule has 8 nitrogen and oxygen atoms in total. The predicted molar refractivity (Wildman–Crippen MR) is 150 cm³/mol. The number of aromatic amines is 1. The Morgan fingerprint density at radius 1 is 1.00 bits per heavy atom. The van der Waals surface area contributed by atoms with E-state index >= 15 is 0 Å². The number of rotatable bonds is 8. The Labute approximate surface area is 225 Å². The summed E-state index contributed by atoms with van der Waals surface area (Å²) in [4.78, 5) is 24.3. The summed E-state index contributed by atoms with van der Waals surface area (Å²) >= 11 is 0. The fraction of sp³-hybridized carbons (Fsp3) is 0.533. The first-order chi connectivity index (χ1) is 18.6. The lowest BCUT2D eigenvalue weighted by Crippen LogP contribution is -2.43. The molecule has 1 amide bonds. The van der Waals surface area contributed by atoms with Crippen LogP contribution in [0.5, 0.6) is 0 Å². The van der Waals surface area contributed by atoms with Gasteiger partial charge in [0.2, 0.25) is 11.9 Å². The van der Waals surface area contributed by atoms with E-state index in [-0.39, 0.29) is 11.9 Å². The van der Waals surface area contributed by atoms with Crippen LogP contribution in [-0.2, 0) is 17.6 Å². The maximum Gasteiger partial charge on any atom is 0.227 e. The number of anilines is 3. The van der Waals surface area contributed by atoms with E-state index in [4.69, 9.17) is 4.98 Å². The quantitative estimate of drug-likeness (QED) is 0.380. The molecule has 3 aliphatic rings. The summed E-state index contributed by atoms with van der Waals surface area (Å²) < 4.78 is 0. The standard InChI is InChI=1S/C30H39N7O/c1-37(30-31-15-14-27(34-30)33-28-19-26(35-36-28)21-6-2-3-7-21)25-12-10-24(11-13-25)32-29(38)18-20-16-22-8-4-5-9-23(22)17-20/h4-5,8-9,14-15,19-21,24-25H,2-3,6-7,10-13,16-18H2,1H3,(H,32,38)(H2,31,33,34,35,36)/t24-,25-. The van der Waals surface area contributed by atoms with Crippen LogP contribution in [-0.4, -0.2) is 45.2 Å². The van der Waals surface area contributed by atoms with Crippen LogP contribution >= 0.6 is 0 Å². The van der Waals surface area contributed by atoms with Crippen LogP contribution in [0.3, 0.4) is 0 Å². The van der Waals surface area contributed by atoms with E-state index in [1.165, 1.54) is 42.5 Å². The number of fused-ring (bicyclic) bond motifs is 1. The molecule has 0 saturated heterocycles. The van der Waals surface area contributed by atoms with Crippen LogP contribution in [0.2, 0.25) is 0 Å². The fourth-order valence-corrected chi connectivity index (χ4v) is 6.68. The molecule has 0 radical (unpaired) electrons. The second-order valence-corrected chi connectivity index (χ2v) is 11.5. The number of amides is 1. The van der Waals surface area contributed by atoms with Gasteiger partial charge in [-0.1, -0.05) is 37.1 Å². The molecular formula is C30H39N7O. The van der Waals surface area contributed by atoms with Gasteiger partial charge in [0.1, 0.15) is 5.82 Å². The number of nitrogens with one attached hydrogen (secondary N) is 3. The zero-order valence-electron chi connectivity index (χ0n) is 22.3. The number of aromatic nitrogens is 4. The minimum Gasteiger partial charge on any atom is -0.353 e. The van der Waals surface area contributed by atoms with Gasteiger partial charge in [0.05, 0.1) is 0 Å². The van der Waals surface area contributed by atoms with E-state index in [1.54, 1.807) is 6.20 Å².